The third kappa shape index (κ3) is 2.44. The number of rotatable bonds is 2. The molecule has 1 aliphatic rings. The zero-order chi connectivity index (χ0) is 15.0. The summed E-state index contributed by atoms with van der Waals surface area (Å²) in [5.74, 6) is -0.534. The number of esters is 1. The Morgan fingerprint density at radius 1 is 1.29 bits per heavy atom. The fourth-order valence-electron chi connectivity index (χ4n) is 2.41. The molecule has 110 valence electrons. The van der Waals surface area contributed by atoms with Crippen LogP contribution in [-0.2, 0) is 21.1 Å². The zero-order valence-electron chi connectivity index (χ0n) is 11.4. The van der Waals surface area contributed by atoms with Gasteiger partial charge in [-0.2, -0.15) is 9.78 Å². The summed E-state index contributed by atoms with van der Waals surface area (Å²) in [6.07, 6.45) is 1.09. The molecule has 1 aromatic carbocycles. The van der Waals surface area contributed by atoms with Gasteiger partial charge in [-0.3, -0.25) is 4.79 Å². The predicted octanol–water partition coefficient (Wildman–Crippen LogP) is 1.52. The van der Waals surface area contributed by atoms with Crippen molar-refractivity contribution in [1.29, 1.82) is 0 Å². The average Bonchev–Trinajstić information content (AvgIpc) is 2.79. The Labute approximate surface area is 122 Å². The fraction of sp³-hybridized carbons (Fsp3) is 0.286. The lowest BCUT2D eigenvalue weighted by Crippen LogP contribution is -2.17. The van der Waals surface area contributed by atoms with Crippen LogP contribution in [0.3, 0.4) is 0 Å². The minimum atomic E-state index is -3.47. The highest BCUT2D eigenvalue weighted by molar-refractivity contribution is 7.91. The lowest BCUT2D eigenvalue weighted by atomic mass is 10.2. The largest absolute Gasteiger partial charge is 0.406 e. The predicted molar refractivity (Wildman–Crippen MR) is 75.2 cm³/mol. The lowest BCUT2D eigenvalue weighted by Gasteiger charge is -2.12. The standard InChI is InChI=1S/C14H14N2O4S/c1-10(17)20-14-13-12(8-5-9-21(13,18)19)15-16(14)11-6-3-2-4-7-11/h2-4,6-7H,5,8-9H2,1H3. The lowest BCUT2D eigenvalue weighted by molar-refractivity contribution is -0.132. The second kappa shape index (κ2) is 5.00. The van der Waals surface area contributed by atoms with Crippen molar-refractivity contribution in [3.05, 3.63) is 36.0 Å². The monoisotopic (exact) mass is 306 g/mol. The van der Waals surface area contributed by atoms with Crippen molar-refractivity contribution in [1.82, 2.24) is 9.78 Å². The zero-order valence-corrected chi connectivity index (χ0v) is 12.3. The van der Waals surface area contributed by atoms with Crippen LogP contribution in [-0.4, -0.2) is 29.9 Å². The second-order valence-corrected chi connectivity index (χ2v) is 6.89. The molecule has 1 aliphatic heterocycles. The molecule has 0 saturated heterocycles. The molecule has 2 aromatic rings. The van der Waals surface area contributed by atoms with E-state index >= 15 is 0 Å². The highest BCUT2D eigenvalue weighted by Gasteiger charge is 2.34. The van der Waals surface area contributed by atoms with E-state index in [-0.39, 0.29) is 16.5 Å². The summed E-state index contributed by atoms with van der Waals surface area (Å²) in [5, 5.41) is 4.33. The van der Waals surface area contributed by atoms with Crippen molar-refractivity contribution >= 4 is 15.8 Å². The van der Waals surface area contributed by atoms with Crippen LogP contribution in [0.4, 0.5) is 0 Å². The van der Waals surface area contributed by atoms with Crippen molar-refractivity contribution in [2.24, 2.45) is 0 Å². The van der Waals surface area contributed by atoms with E-state index in [0.29, 0.717) is 24.2 Å². The number of aryl methyl sites for hydroxylation is 1. The summed E-state index contributed by atoms with van der Waals surface area (Å²) in [6, 6.07) is 9.01. The Balaban J connectivity index is 2.26. The third-order valence-corrected chi connectivity index (χ3v) is 5.11. The highest BCUT2D eigenvalue weighted by atomic mass is 32.2. The number of aromatic nitrogens is 2. The quantitative estimate of drug-likeness (QED) is 0.786. The number of ether oxygens (including phenoxy) is 1. The molecule has 0 radical (unpaired) electrons. The summed E-state index contributed by atoms with van der Waals surface area (Å²) in [7, 11) is -3.47. The van der Waals surface area contributed by atoms with Crippen LogP contribution in [0.15, 0.2) is 35.2 Å². The maximum atomic E-state index is 12.3. The minimum Gasteiger partial charge on any atom is -0.406 e. The topological polar surface area (TPSA) is 78.3 Å². The van der Waals surface area contributed by atoms with Crippen LogP contribution in [0, 0.1) is 0 Å². The molecular formula is C14H14N2O4S. The maximum Gasteiger partial charge on any atom is 0.309 e. The smallest absolute Gasteiger partial charge is 0.309 e. The Bertz CT molecular complexity index is 794. The molecule has 0 aliphatic carbocycles. The molecule has 0 N–H and O–H groups in total. The first-order valence-corrected chi connectivity index (χ1v) is 8.23. The Morgan fingerprint density at radius 2 is 2.00 bits per heavy atom. The molecule has 21 heavy (non-hydrogen) atoms. The van der Waals surface area contributed by atoms with E-state index < -0.39 is 15.8 Å². The van der Waals surface area contributed by atoms with Gasteiger partial charge in [-0.25, -0.2) is 8.42 Å². The molecule has 0 fully saturated rings. The van der Waals surface area contributed by atoms with Gasteiger partial charge in [0.2, 0.25) is 5.88 Å². The number of hydrogen-bond donors (Lipinski definition) is 0. The van der Waals surface area contributed by atoms with E-state index in [2.05, 4.69) is 5.10 Å². The molecule has 0 unspecified atom stereocenters. The number of benzene rings is 1. The number of fused-ring (bicyclic) bond motifs is 1. The van der Waals surface area contributed by atoms with Gasteiger partial charge in [0.25, 0.3) is 0 Å². The Kier molecular flexibility index (Phi) is 3.29. The van der Waals surface area contributed by atoms with E-state index in [1.54, 1.807) is 12.1 Å². The molecule has 6 nitrogen and oxygen atoms in total. The van der Waals surface area contributed by atoms with E-state index in [0.717, 1.165) is 0 Å². The summed E-state index contributed by atoms with van der Waals surface area (Å²) in [4.78, 5) is 11.4. The van der Waals surface area contributed by atoms with Crippen LogP contribution < -0.4 is 4.74 Å². The Morgan fingerprint density at radius 3 is 2.67 bits per heavy atom. The number of carbonyl (C=O) groups is 1. The Hall–Kier alpha value is -2.15. The summed E-state index contributed by atoms with van der Waals surface area (Å²) >= 11 is 0. The molecule has 0 amide bonds. The molecule has 0 spiro atoms. The van der Waals surface area contributed by atoms with Gasteiger partial charge in [-0.05, 0) is 25.0 Å². The molecule has 0 bridgehead atoms. The summed E-state index contributed by atoms with van der Waals surface area (Å²) in [6.45, 7) is 1.24. The van der Waals surface area contributed by atoms with Gasteiger partial charge < -0.3 is 4.74 Å². The second-order valence-electron chi connectivity index (χ2n) is 4.84. The third-order valence-electron chi connectivity index (χ3n) is 3.25. The van der Waals surface area contributed by atoms with Crippen molar-refractivity contribution in [2.75, 3.05) is 5.75 Å². The van der Waals surface area contributed by atoms with Crippen LogP contribution in [0.25, 0.3) is 5.69 Å². The van der Waals surface area contributed by atoms with Gasteiger partial charge in [0, 0.05) is 6.92 Å². The number of hydrogen-bond acceptors (Lipinski definition) is 5. The SMILES string of the molecule is CC(=O)Oc1c2c(nn1-c1ccccc1)CCCS2(=O)=O. The highest BCUT2D eigenvalue weighted by Crippen LogP contribution is 2.35. The average molecular weight is 306 g/mol. The molecule has 7 heteroatoms. The molecular weight excluding hydrogens is 292 g/mol. The number of nitrogens with zero attached hydrogens (tertiary/aromatic N) is 2. The van der Waals surface area contributed by atoms with Gasteiger partial charge >= 0.3 is 5.97 Å². The van der Waals surface area contributed by atoms with E-state index in [1.165, 1.54) is 11.6 Å². The molecule has 0 saturated carbocycles. The van der Waals surface area contributed by atoms with Crippen molar-refractivity contribution in [3.8, 4) is 11.6 Å². The van der Waals surface area contributed by atoms with Crippen LogP contribution in [0.5, 0.6) is 5.88 Å². The molecule has 0 atom stereocenters. The fourth-order valence-corrected chi connectivity index (χ4v) is 4.03. The normalized spacial score (nSPS) is 16.2. The van der Waals surface area contributed by atoms with Crippen molar-refractivity contribution < 1.29 is 17.9 Å². The van der Waals surface area contributed by atoms with Crippen LogP contribution >= 0.6 is 0 Å². The first-order valence-electron chi connectivity index (χ1n) is 6.57. The first-order chi connectivity index (χ1) is 9.99. The van der Waals surface area contributed by atoms with Crippen molar-refractivity contribution in [3.63, 3.8) is 0 Å². The number of sulfone groups is 1. The van der Waals surface area contributed by atoms with E-state index in [9.17, 15) is 13.2 Å². The van der Waals surface area contributed by atoms with Crippen molar-refractivity contribution in [2.45, 2.75) is 24.7 Å². The molecule has 3 rings (SSSR count). The van der Waals surface area contributed by atoms with Gasteiger partial charge in [0.1, 0.15) is 0 Å². The van der Waals surface area contributed by atoms with E-state index in [4.69, 9.17) is 4.74 Å². The summed E-state index contributed by atoms with van der Waals surface area (Å²) in [5.41, 5.74) is 1.11. The van der Waals surface area contributed by atoms with Gasteiger partial charge in [0.15, 0.2) is 14.7 Å². The first kappa shape index (κ1) is 13.8. The minimum absolute atomic E-state index is 0.0107. The maximum absolute atomic E-state index is 12.3. The van der Waals surface area contributed by atoms with Gasteiger partial charge in [0.05, 0.1) is 17.1 Å². The van der Waals surface area contributed by atoms with E-state index in [1.807, 2.05) is 18.2 Å². The van der Waals surface area contributed by atoms with Crippen LogP contribution in [0.2, 0.25) is 0 Å². The van der Waals surface area contributed by atoms with Crippen LogP contribution in [0.1, 0.15) is 19.0 Å². The number of carbonyl (C=O) groups excluding carboxylic acids is 1. The molecule has 1 aromatic heterocycles. The van der Waals surface area contributed by atoms with Gasteiger partial charge in [-0.1, -0.05) is 18.2 Å². The summed E-state index contributed by atoms with van der Waals surface area (Å²) < 4.78 is 31.1. The molecule has 2 heterocycles. The van der Waals surface area contributed by atoms with Gasteiger partial charge in [-0.15, -0.1) is 0 Å². The number of para-hydroxylation sites is 1.